The fourth-order valence-electron chi connectivity index (χ4n) is 7.58. The van der Waals surface area contributed by atoms with Crippen LogP contribution in [0, 0.1) is 0 Å². The second-order valence-corrected chi connectivity index (χ2v) is 13.8. The maximum Gasteiger partial charge on any atom is 0.166 e. The summed E-state index contributed by atoms with van der Waals surface area (Å²) in [7, 11) is 0. The lowest BCUT2D eigenvalue weighted by Crippen LogP contribution is -2.02. The van der Waals surface area contributed by atoms with Crippen molar-refractivity contribution in [3.05, 3.63) is 158 Å². The highest BCUT2D eigenvalue weighted by atomic mass is 32.1. The number of aromatic nitrogens is 4. The second-order valence-electron chi connectivity index (χ2n) is 12.8. The standard InChI is InChI=1S/C45H26N4OS/c1-2-12-28(13-3-1)49-37-21-7-4-14-29(37)33-17-10-19-35(41(33)49)44-46-43(27-24-25-31-30-15-5-8-22-38(30)50-39(31)26-27)47-45(48-44)36-20-11-18-34-32-16-6-9-23-40(32)51-42(34)36/h1-26H. The molecule has 0 aliphatic carbocycles. The summed E-state index contributed by atoms with van der Waals surface area (Å²) in [5.74, 6) is 1.84. The van der Waals surface area contributed by atoms with E-state index >= 15 is 0 Å². The summed E-state index contributed by atoms with van der Waals surface area (Å²) in [6.45, 7) is 0. The van der Waals surface area contributed by atoms with Crippen LogP contribution in [0.1, 0.15) is 0 Å². The van der Waals surface area contributed by atoms with Gasteiger partial charge in [-0.2, -0.15) is 0 Å². The first-order chi connectivity index (χ1) is 25.3. The number of furan rings is 1. The van der Waals surface area contributed by atoms with Crippen LogP contribution in [0.2, 0.25) is 0 Å². The van der Waals surface area contributed by atoms with Crippen LogP contribution >= 0.6 is 11.3 Å². The molecule has 0 fully saturated rings. The summed E-state index contributed by atoms with van der Waals surface area (Å²) in [6.07, 6.45) is 0. The molecular formula is C45H26N4OS. The van der Waals surface area contributed by atoms with Crippen molar-refractivity contribution in [2.45, 2.75) is 0 Å². The van der Waals surface area contributed by atoms with Gasteiger partial charge in [-0.15, -0.1) is 11.3 Å². The van der Waals surface area contributed by atoms with E-state index in [4.69, 9.17) is 19.4 Å². The van der Waals surface area contributed by atoms with Crippen LogP contribution in [-0.4, -0.2) is 19.5 Å². The summed E-state index contributed by atoms with van der Waals surface area (Å²) in [5, 5.41) is 6.92. The van der Waals surface area contributed by atoms with Crippen LogP contribution < -0.4 is 0 Å². The Bertz CT molecular complexity index is 3150. The molecule has 0 radical (unpaired) electrons. The molecule has 11 rings (SSSR count). The molecule has 0 aliphatic rings. The monoisotopic (exact) mass is 670 g/mol. The molecule has 0 saturated carbocycles. The number of fused-ring (bicyclic) bond motifs is 9. The first-order valence-electron chi connectivity index (χ1n) is 16.9. The molecule has 0 N–H and O–H groups in total. The van der Waals surface area contributed by atoms with E-state index < -0.39 is 0 Å². The van der Waals surface area contributed by atoms with E-state index in [1.165, 1.54) is 20.9 Å². The van der Waals surface area contributed by atoms with Gasteiger partial charge < -0.3 is 8.98 Å². The molecule has 51 heavy (non-hydrogen) atoms. The Balaban J connectivity index is 1.22. The largest absolute Gasteiger partial charge is 0.456 e. The number of rotatable bonds is 4. The van der Waals surface area contributed by atoms with Crippen molar-refractivity contribution in [1.29, 1.82) is 0 Å². The predicted molar refractivity (Wildman–Crippen MR) is 211 cm³/mol. The van der Waals surface area contributed by atoms with Gasteiger partial charge in [0.15, 0.2) is 17.5 Å². The van der Waals surface area contributed by atoms with E-state index in [-0.39, 0.29) is 0 Å². The minimum Gasteiger partial charge on any atom is -0.456 e. The third-order valence-corrected chi connectivity index (χ3v) is 11.1. The van der Waals surface area contributed by atoms with Gasteiger partial charge in [-0.25, -0.2) is 15.0 Å². The Morgan fingerprint density at radius 1 is 0.451 bits per heavy atom. The lowest BCUT2D eigenvalue weighted by molar-refractivity contribution is 0.669. The van der Waals surface area contributed by atoms with Crippen LogP contribution in [-0.2, 0) is 0 Å². The SMILES string of the molecule is c1ccc(-n2c3ccccc3c3cccc(-c4nc(-c5ccc6c(c5)oc5ccccc56)nc(-c5cccc6c5sc5ccccc56)n4)c32)cc1. The maximum atomic E-state index is 6.32. The van der Waals surface area contributed by atoms with Crippen molar-refractivity contribution in [1.82, 2.24) is 19.5 Å². The third-order valence-electron chi connectivity index (χ3n) is 9.87. The lowest BCUT2D eigenvalue weighted by Gasteiger charge is -2.13. The van der Waals surface area contributed by atoms with Gasteiger partial charge in [0.1, 0.15) is 11.2 Å². The molecule has 238 valence electrons. The Labute approximate surface area is 295 Å². The van der Waals surface area contributed by atoms with Crippen LogP contribution in [0.25, 0.3) is 104 Å². The Kier molecular flexibility index (Phi) is 6.05. The number of hydrogen-bond acceptors (Lipinski definition) is 5. The molecule has 7 aromatic carbocycles. The number of benzene rings is 7. The molecule has 6 heteroatoms. The summed E-state index contributed by atoms with van der Waals surface area (Å²) in [6, 6.07) is 54.9. The fraction of sp³-hybridized carbons (Fsp3) is 0. The van der Waals surface area contributed by atoms with E-state index in [9.17, 15) is 0 Å². The molecule has 0 aliphatic heterocycles. The fourth-order valence-corrected chi connectivity index (χ4v) is 8.79. The van der Waals surface area contributed by atoms with Crippen molar-refractivity contribution in [2.24, 2.45) is 0 Å². The molecule has 0 amide bonds. The van der Waals surface area contributed by atoms with Gasteiger partial charge >= 0.3 is 0 Å². The van der Waals surface area contributed by atoms with Crippen LogP contribution in [0.4, 0.5) is 0 Å². The van der Waals surface area contributed by atoms with Gasteiger partial charge in [-0.1, -0.05) is 103 Å². The number of hydrogen-bond donors (Lipinski definition) is 0. The smallest absolute Gasteiger partial charge is 0.166 e. The molecule has 0 unspecified atom stereocenters. The molecule has 0 spiro atoms. The highest BCUT2D eigenvalue weighted by Gasteiger charge is 2.21. The predicted octanol–water partition coefficient (Wildman–Crippen LogP) is 12.2. The van der Waals surface area contributed by atoms with Crippen molar-refractivity contribution in [3.63, 3.8) is 0 Å². The molecule has 0 bridgehead atoms. The van der Waals surface area contributed by atoms with E-state index in [1.807, 2.05) is 18.2 Å². The zero-order valence-corrected chi connectivity index (χ0v) is 27.9. The van der Waals surface area contributed by atoms with Gasteiger partial charge in [-0.05, 0) is 54.6 Å². The molecular weight excluding hydrogens is 645 g/mol. The minimum absolute atomic E-state index is 0.592. The van der Waals surface area contributed by atoms with Crippen molar-refractivity contribution < 1.29 is 4.42 Å². The summed E-state index contributed by atoms with van der Waals surface area (Å²) < 4.78 is 11.0. The zero-order chi connectivity index (χ0) is 33.5. The normalized spacial score (nSPS) is 11.9. The molecule has 5 nitrogen and oxygen atoms in total. The van der Waals surface area contributed by atoms with Crippen molar-refractivity contribution >= 4 is 75.3 Å². The Hall–Kier alpha value is -6.63. The maximum absolute atomic E-state index is 6.32. The third kappa shape index (κ3) is 4.30. The second kappa shape index (κ2) is 10.9. The summed E-state index contributed by atoms with van der Waals surface area (Å²) in [4.78, 5) is 15.8. The highest BCUT2D eigenvalue weighted by molar-refractivity contribution is 7.26. The Morgan fingerprint density at radius 3 is 1.98 bits per heavy atom. The van der Waals surface area contributed by atoms with Gasteiger partial charge in [0.05, 0.1) is 11.0 Å². The van der Waals surface area contributed by atoms with Gasteiger partial charge in [0.2, 0.25) is 0 Å². The number of thiophene rings is 1. The van der Waals surface area contributed by atoms with E-state index in [0.717, 1.165) is 65.4 Å². The summed E-state index contributed by atoms with van der Waals surface area (Å²) in [5.41, 5.74) is 7.72. The first kappa shape index (κ1) is 28.2. The topological polar surface area (TPSA) is 56.7 Å². The van der Waals surface area contributed by atoms with Gasteiger partial charge in [0.25, 0.3) is 0 Å². The number of para-hydroxylation sites is 4. The lowest BCUT2D eigenvalue weighted by atomic mass is 10.1. The first-order valence-corrected chi connectivity index (χ1v) is 17.8. The van der Waals surface area contributed by atoms with Gasteiger partial charge in [-0.3, -0.25) is 0 Å². The summed E-state index contributed by atoms with van der Waals surface area (Å²) >= 11 is 1.78. The van der Waals surface area contributed by atoms with Gasteiger partial charge in [0, 0.05) is 64.1 Å². The van der Waals surface area contributed by atoms with E-state index in [2.05, 4.69) is 144 Å². The number of nitrogens with zero attached hydrogens (tertiary/aromatic N) is 4. The highest BCUT2D eigenvalue weighted by Crippen LogP contribution is 2.41. The van der Waals surface area contributed by atoms with Crippen molar-refractivity contribution in [2.75, 3.05) is 0 Å². The minimum atomic E-state index is 0.592. The van der Waals surface area contributed by atoms with Crippen LogP contribution in [0.15, 0.2) is 162 Å². The molecule has 11 aromatic rings. The average molecular weight is 671 g/mol. The van der Waals surface area contributed by atoms with Crippen molar-refractivity contribution in [3.8, 4) is 39.9 Å². The Morgan fingerprint density at radius 2 is 1.10 bits per heavy atom. The molecule has 0 atom stereocenters. The molecule has 4 aromatic heterocycles. The van der Waals surface area contributed by atoms with E-state index in [1.54, 1.807) is 11.3 Å². The average Bonchev–Trinajstić information content (AvgIpc) is 3.87. The molecule has 0 saturated heterocycles. The van der Waals surface area contributed by atoms with Crippen LogP contribution in [0.5, 0.6) is 0 Å². The van der Waals surface area contributed by atoms with Crippen LogP contribution in [0.3, 0.4) is 0 Å². The zero-order valence-electron chi connectivity index (χ0n) is 27.1. The quantitative estimate of drug-likeness (QED) is 0.187. The van der Waals surface area contributed by atoms with E-state index in [0.29, 0.717) is 17.5 Å². The molecule has 4 heterocycles.